The van der Waals surface area contributed by atoms with Gasteiger partial charge in [-0.1, -0.05) is 12.2 Å². The minimum Gasteiger partial charge on any atom is -0.481 e. The maximum absolute atomic E-state index is 12.6. The highest BCUT2D eigenvalue weighted by Gasteiger charge is 2.54. The zero-order chi connectivity index (χ0) is 14.0. The summed E-state index contributed by atoms with van der Waals surface area (Å²) < 4.78 is 0. The van der Waals surface area contributed by atoms with Crippen molar-refractivity contribution >= 4 is 11.9 Å². The van der Waals surface area contributed by atoms with E-state index >= 15 is 0 Å². The zero-order valence-electron chi connectivity index (χ0n) is 11.1. The maximum Gasteiger partial charge on any atom is 0.307 e. The molecule has 0 saturated heterocycles. The number of carboxylic acids is 1. The van der Waals surface area contributed by atoms with Crippen LogP contribution in [0.2, 0.25) is 0 Å². The van der Waals surface area contributed by atoms with Crippen molar-refractivity contribution in [1.82, 2.24) is 4.90 Å². The molecule has 4 atom stereocenters. The first-order valence-corrected chi connectivity index (χ1v) is 6.83. The molecule has 1 N–H and O–H groups in total. The van der Waals surface area contributed by atoms with Gasteiger partial charge in [-0.2, -0.15) is 0 Å². The summed E-state index contributed by atoms with van der Waals surface area (Å²) in [5.74, 6) is -1.27. The molecule has 0 aromatic carbocycles. The summed E-state index contributed by atoms with van der Waals surface area (Å²) in [4.78, 5) is 25.7. The lowest BCUT2D eigenvalue weighted by Gasteiger charge is -2.31. The summed E-state index contributed by atoms with van der Waals surface area (Å²) in [5, 5.41) is 9.39. The first-order chi connectivity index (χ1) is 9.10. The van der Waals surface area contributed by atoms with E-state index in [9.17, 15) is 14.7 Å². The Balaban J connectivity index is 2.18. The molecule has 0 unspecified atom stereocenters. The van der Waals surface area contributed by atoms with Gasteiger partial charge in [-0.25, -0.2) is 0 Å². The second-order valence-electron chi connectivity index (χ2n) is 5.54. The molecule has 2 aliphatic carbocycles. The number of carboxylic acid groups (broad SMARTS) is 1. The Bertz CT molecular complexity index is 394. The molecule has 2 bridgehead atoms. The van der Waals surface area contributed by atoms with Crippen LogP contribution < -0.4 is 0 Å². The summed E-state index contributed by atoms with van der Waals surface area (Å²) in [6.45, 7) is 8.20. The number of rotatable bonds is 6. The number of hydrogen-bond donors (Lipinski definition) is 1. The number of fused-ring (bicyclic) bond motifs is 2. The van der Waals surface area contributed by atoms with Crippen LogP contribution >= 0.6 is 0 Å². The van der Waals surface area contributed by atoms with Crippen LogP contribution in [0.1, 0.15) is 19.3 Å². The van der Waals surface area contributed by atoms with Crippen LogP contribution in [-0.4, -0.2) is 35.0 Å². The lowest BCUT2D eigenvalue weighted by atomic mass is 9.78. The molecule has 0 radical (unpaired) electrons. The molecule has 4 heteroatoms. The third kappa shape index (κ3) is 2.44. The molecule has 2 aliphatic rings. The fraction of sp³-hybridized carbons (Fsp3) is 0.600. The van der Waals surface area contributed by atoms with E-state index in [2.05, 4.69) is 13.2 Å². The molecule has 4 nitrogen and oxygen atoms in total. The zero-order valence-corrected chi connectivity index (χ0v) is 11.1. The van der Waals surface area contributed by atoms with E-state index in [1.807, 2.05) is 0 Å². The Morgan fingerprint density at radius 1 is 1.11 bits per heavy atom. The van der Waals surface area contributed by atoms with Gasteiger partial charge in [0.05, 0.1) is 11.8 Å². The average Bonchev–Trinajstić information content (AvgIpc) is 2.97. The van der Waals surface area contributed by atoms with Crippen molar-refractivity contribution in [2.45, 2.75) is 19.3 Å². The predicted octanol–water partition coefficient (Wildman–Crippen LogP) is 1.93. The van der Waals surface area contributed by atoms with E-state index in [0.29, 0.717) is 13.1 Å². The Kier molecular flexibility index (Phi) is 4.08. The van der Waals surface area contributed by atoms with Crippen molar-refractivity contribution in [3.05, 3.63) is 25.3 Å². The summed E-state index contributed by atoms with van der Waals surface area (Å²) in [5.41, 5.74) is 0. The normalized spacial score (nSPS) is 32.0. The largest absolute Gasteiger partial charge is 0.481 e. The van der Waals surface area contributed by atoms with E-state index in [1.165, 1.54) is 0 Å². The van der Waals surface area contributed by atoms with Gasteiger partial charge in [0.1, 0.15) is 0 Å². The molecular weight excluding hydrogens is 242 g/mol. The molecule has 2 saturated carbocycles. The van der Waals surface area contributed by atoms with Gasteiger partial charge >= 0.3 is 5.97 Å². The number of aliphatic carboxylic acids is 1. The first-order valence-electron chi connectivity index (χ1n) is 6.83. The van der Waals surface area contributed by atoms with E-state index in [0.717, 1.165) is 19.3 Å². The first kappa shape index (κ1) is 13.8. The number of amides is 1. The Labute approximate surface area is 113 Å². The minimum absolute atomic E-state index is 0.0422. The third-order valence-electron chi connectivity index (χ3n) is 4.50. The van der Waals surface area contributed by atoms with Crippen LogP contribution in [0, 0.1) is 23.7 Å². The quantitative estimate of drug-likeness (QED) is 0.745. The topological polar surface area (TPSA) is 57.6 Å². The van der Waals surface area contributed by atoms with Crippen molar-refractivity contribution in [2.24, 2.45) is 23.7 Å². The van der Waals surface area contributed by atoms with E-state index < -0.39 is 11.9 Å². The van der Waals surface area contributed by atoms with Gasteiger partial charge in [-0.3, -0.25) is 9.59 Å². The van der Waals surface area contributed by atoms with Crippen molar-refractivity contribution in [3.63, 3.8) is 0 Å². The van der Waals surface area contributed by atoms with Crippen LogP contribution in [0.25, 0.3) is 0 Å². The summed E-state index contributed by atoms with van der Waals surface area (Å²) in [7, 11) is 0. The highest BCUT2D eigenvalue weighted by atomic mass is 16.4. The molecule has 2 rings (SSSR count). The average molecular weight is 263 g/mol. The molecule has 104 valence electrons. The molecule has 2 fully saturated rings. The van der Waals surface area contributed by atoms with E-state index in [1.54, 1.807) is 17.1 Å². The van der Waals surface area contributed by atoms with Crippen molar-refractivity contribution in [2.75, 3.05) is 13.1 Å². The smallest absolute Gasteiger partial charge is 0.307 e. The highest BCUT2D eigenvalue weighted by Crippen LogP contribution is 2.52. The second kappa shape index (κ2) is 5.59. The van der Waals surface area contributed by atoms with Crippen LogP contribution in [0.15, 0.2) is 25.3 Å². The maximum atomic E-state index is 12.6. The van der Waals surface area contributed by atoms with E-state index in [4.69, 9.17) is 0 Å². The summed E-state index contributed by atoms with van der Waals surface area (Å²) >= 11 is 0. The second-order valence-corrected chi connectivity index (χ2v) is 5.54. The number of nitrogens with zero attached hydrogens (tertiary/aromatic N) is 1. The van der Waals surface area contributed by atoms with Gasteiger partial charge in [0, 0.05) is 13.1 Å². The Hall–Kier alpha value is -1.58. The van der Waals surface area contributed by atoms with Crippen LogP contribution in [0.5, 0.6) is 0 Å². The molecule has 0 aliphatic heterocycles. The van der Waals surface area contributed by atoms with Gasteiger partial charge < -0.3 is 10.0 Å². The van der Waals surface area contributed by atoms with Gasteiger partial charge in [-0.05, 0) is 31.1 Å². The molecule has 0 heterocycles. The highest BCUT2D eigenvalue weighted by molar-refractivity contribution is 5.86. The molecule has 0 aromatic heterocycles. The number of carbonyl (C=O) groups excluding carboxylic acids is 1. The van der Waals surface area contributed by atoms with Crippen LogP contribution in [-0.2, 0) is 9.59 Å². The molecule has 0 aromatic rings. The molecule has 0 spiro atoms. The number of hydrogen-bond acceptors (Lipinski definition) is 2. The minimum atomic E-state index is -0.817. The molecule has 19 heavy (non-hydrogen) atoms. The van der Waals surface area contributed by atoms with Gasteiger partial charge in [-0.15, -0.1) is 13.2 Å². The third-order valence-corrected chi connectivity index (χ3v) is 4.50. The summed E-state index contributed by atoms with van der Waals surface area (Å²) in [6, 6.07) is 0. The fourth-order valence-electron chi connectivity index (χ4n) is 3.78. The van der Waals surface area contributed by atoms with Crippen LogP contribution in [0.4, 0.5) is 0 Å². The van der Waals surface area contributed by atoms with Crippen molar-refractivity contribution < 1.29 is 14.7 Å². The summed E-state index contributed by atoms with van der Waals surface area (Å²) in [6.07, 6.45) is 6.17. The van der Waals surface area contributed by atoms with Gasteiger partial charge in [0.2, 0.25) is 5.91 Å². The standard InChI is InChI=1S/C15H21NO3/c1-3-7-16(8-4-2)14(17)12-10-5-6-11(9-10)13(12)15(18)19/h3-4,10-13H,1-2,5-9H2,(H,18,19)/t10-,11+,12-,13+/m1/s1. The molecular formula is C15H21NO3. The molecule has 1 amide bonds. The van der Waals surface area contributed by atoms with E-state index in [-0.39, 0.29) is 23.7 Å². The lowest BCUT2D eigenvalue weighted by molar-refractivity contribution is -0.152. The lowest BCUT2D eigenvalue weighted by Crippen LogP contribution is -2.43. The Morgan fingerprint density at radius 3 is 2.11 bits per heavy atom. The Morgan fingerprint density at radius 2 is 1.63 bits per heavy atom. The predicted molar refractivity (Wildman–Crippen MR) is 72.4 cm³/mol. The monoisotopic (exact) mass is 263 g/mol. The van der Waals surface area contributed by atoms with Gasteiger partial charge in [0.25, 0.3) is 0 Å². The number of carbonyl (C=O) groups is 2. The van der Waals surface area contributed by atoms with Crippen LogP contribution in [0.3, 0.4) is 0 Å². The fourth-order valence-corrected chi connectivity index (χ4v) is 3.78. The van der Waals surface area contributed by atoms with Gasteiger partial charge in [0.15, 0.2) is 0 Å². The SMILES string of the molecule is C=CCN(CC=C)C(=O)[C@@H]1[C@@H]2CC[C@@H](C2)[C@@H]1C(=O)O. The van der Waals surface area contributed by atoms with Crippen molar-refractivity contribution in [3.8, 4) is 0 Å². The van der Waals surface area contributed by atoms with Crippen molar-refractivity contribution in [1.29, 1.82) is 0 Å².